The molecule has 1 aromatic heterocycles. The minimum atomic E-state index is -0.708. The lowest BCUT2D eigenvalue weighted by molar-refractivity contribution is 0.0946. The number of primary amides is 1. The highest BCUT2D eigenvalue weighted by atomic mass is 35.5. The van der Waals surface area contributed by atoms with E-state index >= 15 is 0 Å². The summed E-state index contributed by atoms with van der Waals surface area (Å²) in [6.07, 6.45) is 0. The Kier molecular flexibility index (Phi) is 4.31. The summed E-state index contributed by atoms with van der Waals surface area (Å²) < 4.78 is 5.56. The number of benzene rings is 2. The summed E-state index contributed by atoms with van der Waals surface area (Å²) >= 11 is 5.85. The Labute approximate surface area is 141 Å². The number of carbonyl (C=O) groups is 2. The molecule has 3 rings (SSSR count). The van der Waals surface area contributed by atoms with Crippen molar-refractivity contribution in [3.8, 4) is 0 Å². The summed E-state index contributed by atoms with van der Waals surface area (Å²) in [5, 5.41) is 5.00. The molecule has 120 valence electrons. The Hall–Kier alpha value is -3.12. The third-order valence-corrected chi connectivity index (χ3v) is 3.50. The zero-order valence-corrected chi connectivity index (χ0v) is 13.1. The summed E-state index contributed by atoms with van der Waals surface area (Å²) in [5.74, 6) is -1.20. The van der Waals surface area contributed by atoms with E-state index in [0.29, 0.717) is 21.6 Å². The molecular weight excluding hydrogens is 330 g/mol. The highest BCUT2D eigenvalue weighted by Crippen LogP contribution is 2.13. The third kappa shape index (κ3) is 3.28. The van der Waals surface area contributed by atoms with Crippen LogP contribution in [0.25, 0.3) is 11.0 Å². The molecule has 0 fully saturated rings. The van der Waals surface area contributed by atoms with Crippen molar-refractivity contribution < 1.29 is 14.0 Å². The van der Waals surface area contributed by atoms with Gasteiger partial charge in [0.1, 0.15) is 11.1 Å². The number of amides is 2. The highest BCUT2D eigenvalue weighted by Gasteiger charge is 2.10. The van der Waals surface area contributed by atoms with Gasteiger partial charge in [0.05, 0.1) is 0 Å². The van der Waals surface area contributed by atoms with Gasteiger partial charge in [-0.05, 0) is 30.3 Å². The van der Waals surface area contributed by atoms with Gasteiger partial charge in [-0.15, -0.1) is 5.10 Å². The number of halogens is 1. The summed E-state index contributed by atoms with van der Waals surface area (Å²) in [6, 6.07) is 15.0. The van der Waals surface area contributed by atoms with Gasteiger partial charge in [-0.25, -0.2) is 5.43 Å². The van der Waals surface area contributed by atoms with Crippen LogP contribution < -0.4 is 16.7 Å². The van der Waals surface area contributed by atoms with E-state index in [0.717, 1.165) is 0 Å². The molecule has 1 heterocycles. The average Bonchev–Trinajstić information content (AvgIpc) is 2.58. The van der Waals surface area contributed by atoms with Crippen molar-refractivity contribution in [2.24, 2.45) is 10.8 Å². The van der Waals surface area contributed by atoms with Crippen LogP contribution in [0.2, 0.25) is 5.02 Å². The van der Waals surface area contributed by atoms with E-state index in [-0.39, 0.29) is 11.1 Å². The monoisotopic (exact) mass is 341 g/mol. The lowest BCUT2D eigenvalue weighted by Crippen LogP contribution is -2.27. The van der Waals surface area contributed by atoms with Crippen LogP contribution in [0.15, 0.2) is 64.1 Å². The highest BCUT2D eigenvalue weighted by molar-refractivity contribution is 6.30. The molecule has 24 heavy (non-hydrogen) atoms. The smallest absolute Gasteiger partial charge is 0.271 e. The van der Waals surface area contributed by atoms with Gasteiger partial charge in [-0.3, -0.25) is 9.59 Å². The number of para-hydroxylation sites is 1. The van der Waals surface area contributed by atoms with Crippen molar-refractivity contribution in [2.45, 2.75) is 0 Å². The van der Waals surface area contributed by atoms with Crippen LogP contribution in [0.1, 0.15) is 20.7 Å². The number of hydrogen-bond acceptors (Lipinski definition) is 4. The Balaban J connectivity index is 2.01. The molecule has 6 nitrogen and oxygen atoms in total. The Morgan fingerprint density at radius 2 is 1.88 bits per heavy atom. The first-order valence-corrected chi connectivity index (χ1v) is 7.35. The second kappa shape index (κ2) is 6.55. The van der Waals surface area contributed by atoms with Crippen molar-refractivity contribution in [2.75, 3.05) is 0 Å². The van der Waals surface area contributed by atoms with E-state index in [1.54, 1.807) is 48.5 Å². The second-order valence-electron chi connectivity index (χ2n) is 4.93. The molecule has 0 bridgehead atoms. The normalized spacial score (nSPS) is 11.5. The first-order valence-electron chi connectivity index (χ1n) is 6.97. The van der Waals surface area contributed by atoms with Crippen molar-refractivity contribution >= 4 is 34.4 Å². The van der Waals surface area contributed by atoms with Crippen LogP contribution in [-0.2, 0) is 0 Å². The molecular formula is C17H12ClN3O3. The fourth-order valence-electron chi connectivity index (χ4n) is 2.12. The SMILES string of the molecule is NC(=O)c1cc2ccccc2o/c1=N\NC(=O)c1cccc(Cl)c1. The molecule has 7 heteroatoms. The minimum Gasteiger partial charge on any atom is -0.436 e. The standard InChI is InChI=1S/C17H12ClN3O3/c18-12-6-3-5-11(8-12)16(23)20-21-17-13(15(19)22)9-10-4-1-2-7-14(10)24-17/h1-9H,(H2,19,22)(H,20,23)/b21-17-. The van der Waals surface area contributed by atoms with Crippen molar-refractivity contribution in [3.63, 3.8) is 0 Å². The Bertz CT molecular complexity index is 1010. The predicted octanol–water partition coefficient (Wildman–Crippen LogP) is 2.43. The fourth-order valence-corrected chi connectivity index (χ4v) is 2.31. The van der Waals surface area contributed by atoms with Gasteiger partial charge >= 0.3 is 0 Å². The van der Waals surface area contributed by atoms with Gasteiger partial charge in [-0.1, -0.05) is 35.9 Å². The van der Waals surface area contributed by atoms with Crippen LogP contribution in [0.3, 0.4) is 0 Å². The maximum Gasteiger partial charge on any atom is 0.271 e. The first-order chi connectivity index (χ1) is 11.5. The largest absolute Gasteiger partial charge is 0.436 e. The third-order valence-electron chi connectivity index (χ3n) is 3.27. The van der Waals surface area contributed by atoms with Crippen LogP contribution in [-0.4, -0.2) is 11.8 Å². The molecule has 0 spiro atoms. The van der Waals surface area contributed by atoms with E-state index in [1.807, 2.05) is 0 Å². The van der Waals surface area contributed by atoms with Gasteiger partial charge in [0.2, 0.25) is 5.55 Å². The molecule has 0 unspecified atom stereocenters. The average molecular weight is 342 g/mol. The van der Waals surface area contributed by atoms with Crippen LogP contribution in [0.5, 0.6) is 0 Å². The molecule has 0 aliphatic carbocycles. The molecule has 0 aliphatic rings. The van der Waals surface area contributed by atoms with Crippen LogP contribution in [0.4, 0.5) is 0 Å². The van der Waals surface area contributed by atoms with Gasteiger partial charge in [0.15, 0.2) is 0 Å². The van der Waals surface area contributed by atoms with E-state index in [2.05, 4.69) is 10.5 Å². The van der Waals surface area contributed by atoms with E-state index in [1.165, 1.54) is 6.07 Å². The topological polar surface area (TPSA) is 97.7 Å². The molecule has 2 aromatic carbocycles. The number of rotatable bonds is 3. The quantitative estimate of drug-likeness (QED) is 0.716. The van der Waals surface area contributed by atoms with Crippen molar-refractivity contribution in [1.29, 1.82) is 0 Å². The van der Waals surface area contributed by atoms with E-state index < -0.39 is 11.8 Å². The number of nitrogens with one attached hydrogen (secondary N) is 1. The lowest BCUT2D eigenvalue weighted by Gasteiger charge is -2.03. The zero-order chi connectivity index (χ0) is 17.1. The number of carbonyl (C=O) groups excluding carboxylic acids is 2. The minimum absolute atomic E-state index is 0.0695. The maximum absolute atomic E-state index is 12.1. The summed E-state index contributed by atoms with van der Waals surface area (Å²) in [7, 11) is 0. The van der Waals surface area contributed by atoms with Gasteiger partial charge in [-0.2, -0.15) is 0 Å². The molecule has 0 radical (unpaired) electrons. The number of nitrogens with two attached hydrogens (primary N) is 1. The van der Waals surface area contributed by atoms with E-state index in [4.69, 9.17) is 21.8 Å². The lowest BCUT2D eigenvalue weighted by atomic mass is 10.2. The number of hydrogen-bond donors (Lipinski definition) is 2. The molecule has 0 saturated carbocycles. The Morgan fingerprint density at radius 3 is 2.62 bits per heavy atom. The summed E-state index contributed by atoms with van der Waals surface area (Å²) in [4.78, 5) is 23.7. The molecule has 3 N–H and O–H groups in total. The van der Waals surface area contributed by atoms with E-state index in [9.17, 15) is 9.59 Å². The number of fused-ring (bicyclic) bond motifs is 1. The second-order valence-corrected chi connectivity index (χ2v) is 5.37. The Morgan fingerprint density at radius 1 is 1.08 bits per heavy atom. The maximum atomic E-state index is 12.1. The van der Waals surface area contributed by atoms with Gasteiger partial charge in [0.25, 0.3) is 11.8 Å². The number of nitrogens with zero attached hydrogens (tertiary/aromatic N) is 1. The van der Waals surface area contributed by atoms with Crippen molar-refractivity contribution in [3.05, 3.63) is 76.3 Å². The molecule has 0 saturated heterocycles. The summed E-state index contributed by atoms with van der Waals surface area (Å²) in [5.41, 5.74) is 8.52. The summed E-state index contributed by atoms with van der Waals surface area (Å²) in [6.45, 7) is 0. The first kappa shape index (κ1) is 15.8. The van der Waals surface area contributed by atoms with Crippen LogP contribution in [0, 0.1) is 0 Å². The molecule has 0 aliphatic heterocycles. The predicted molar refractivity (Wildman–Crippen MR) is 89.2 cm³/mol. The molecule has 2 amide bonds. The van der Waals surface area contributed by atoms with Crippen LogP contribution >= 0.6 is 11.6 Å². The zero-order valence-electron chi connectivity index (χ0n) is 12.3. The fraction of sp³-hybridized carbons (Fsp3) is 0. The molecule has 3 aromatic rings. The van der Waals surface area contributed by atoms with Crippen molar-refractivity contribution in [1.82, 2.24) is 5.43 Å². The molecule has 0 atom stereocenters. The van der Waals surface area contributed by atoms with Gasteiger partial charge < -0.3 is 10.2 Å². The van der Waals surface area contributed by atoms with Gasteiger partial charge in [0, 0.05) is 16.0 Å².